The number of hydrogen-bond donors (Lipinski definition) is 2. The van der Waals surface area contributed by atoms with Gasteiger partial charge in [0.05, 0.1) is 12.2 Å². The maximum atomic E-state index is 11.5. The number of furan rings is 1. The summed E-state index contributed by atoms with van der Waals surface area (Å²) in [7, 11) is 0. The summed E-state index contributed by atoms with van der Waals surface area (Å²) in [6.45, 7) is 2.16. The number of nitrogens with one attached hydrogen (secondary N) is 1. The van der Waals surface area contributed by atoms with Gasteiger partial charge in [0.1, 0.15) is 5.76 Å². The fourth-order valence-electron chi connectivity index (χ4n) is 2.93. The molecule has 4 nitrogen and oxygen atoms in total. The molecule has 0 saturated heterocycles. The van der Waals surface area contributed by atoms with E-state index in [1.165, 1.54) is 6.42 Å². The molecule has 106 valence electrons. The predicted molar refractivity (Wildman–Crippen MR) is 74.6 cm³/mol. The van der Waals surface area contributed by atoms with Gasteiger partial charge < -0.3 is 15.5 Å². The van der Waals surface area contributed by atoms with E-state index in [9.17, 15) is 4.79 Å². The van der Waals surface area contributed by atoms with Crippen molar-refractivity contribution in [2.24, 2.45) is 11.7 Å². The Balaban J connectivity index is 1.79. The third kappa shape index (κ3) is 4.10. The standard InChI is InChI=1S/C15H24N2O2/c1-11(8-9-12-5-4-10-19-12)17-14-7-3-2-6-13(14)15(16)18/h4-5,10-11,13-14,17H,2-3,6-9H2,1H3,(H2,16,18)/t11-,13+,14+/m1/s1. The van der Waals surface area contributed by atoms with Crippen LogP contribution in [0.5, 0.6) is 0 Å². The van der Waals surface area contributed by atoms with Crippen molar-refractivity contribution in [3.8, 4) is 0 Å². The van der Waals surface area contributed by atoms with Gasteiger partial charge in [-0.3, -0.25) is 4.79 Å². The van der Waals surface area contributed by atoms with Gasteiger partial charge in [-0.1, -0.05) is 12.8 Å². The minimum absolute atomic E-state index is 0.000173. The molecule has 3 N–H and O–H groups in total. The molecule has 1 aromatic heterocycles. The smallest absolute Gasteiger partial charge is 0.222 e. The first-order chi connectivity index (χ1) is 9.16. The molecule has 0 unspecified atom stereocenters. The van der Waals surface area contributed by atoms with Crippen LogP contribution < -0.4 is 11.1 Å². The Labute approximate surface area is 114 Å². The van der Waals surface area contributed by atoms with Crippen LogP contribution in [-0.2, 0) is 11.2 Å². The predicted octanol–water partition coefficient (Wildman–Crippen LogP) is 2.23. The summed E-state index contributed by atoms with van der Waals surface area (Å²) < 4.78 is 5.33. The first-order valence-electron chi connectivity index (χ1n) is 7.24. The minimum Gasteiger partial charge on any atom is -0.469 e. The van der Waals surface area contributed by atoms with Crippen molar-refractivity contribution in [2.45, 2.75) is 57.5 Å². The van der Waals surface area contributed by atoms with Crippen LogP contribution in [0.4, 0.5) is 0 Å². The highest BCUT2D eigenvalue weighted by molar-refractivity contribution is 5.77. The first-order valence-corrected chi connectivity index (χ1v) is 7.24. The van der Waals surface area contributed by atoms with Crippen LogP contribution in [0, 0.1) is 5.92 Å². The molecule has 1 aromatic rings. The van der Waals surface area contributed by atoms with Crippen LogP contribution in [0.2, 0.25) is 0 Å². The van der Waals surface area contributed by atoms with E-state index in [0.29, 0.717) is 6.04 Å². The van der Waals surface area contributed by atoms with Crippen LogP contribution in [0.3, 0.4) is 0 Å². The van der Waals surface area contributed by atoms with Crippen molar-refractivity contribution in [1.29, 1.82) is 0 Å². The van der Waals surface area contributed by atoms with Crippen molar-refractivity contribution in [1.82, 2.24) is 5.32 Å². The van der Waals surface area contributed by atoms with E-state index in [-0.39, 0.29) is 17.9 Å². The molecule has 3 atom stereocenters. The molecule has 0 radical (unpaired) electrons. The zero-order valence-corrected chi connectivity index (χ0v) is 11.6. The Hall–Kier alpha value is -1.29. The van der Waals surface area contributed by atoms with Crippen molar-refractivity contribution in [2.75, 3.05) is 0 Å². The number of nitrogens with two attached hydrogens (primary N) is 1. The number of amides is 1. The number of carbonyl (C=O) groups is 1. The zero-order valence-electron chi connectivity index (χ0n) is 11.6. The molecule has 0 aliphatic heterocycles. The van der Waals surface area contributed by atoms with Gasteiger partial charge in [-0.25, -0.2) is 0 Å². The third-order valence-corrected chi connectivity index (χ3v) is 4.03. The summed E-state index contributed by atoms with van der Waals surface area (Å²) in [6, 6.07) is 4.53. The van der Waals surface area contributed by atoms with Crippen LogP contribution in [0.1, 0.15) is 44.8 Å². The van der Waals surface area contributed by atoms with E-state index in [1.54, 1.807) is 6.26 Å². The Bertz CT molecular complexity index is 389. The number of rotatable bonds is 6. The molecular weight excluding hydrogens is 240 g/mol. The Kier molecular flexibility index (Phi) is 5.02. The molecule has 0 bridgehead atoms. The molecule has 0 aromatic carbocycles. The molecule has 2 rings (SSSR count). The molecule has 1 aliphatic carbocycles. The summed E-state index contributed by atoms with van der Waals surface area (Å²) in [5.41, 5.74) is 5.49. The molecular formula is C15H24N2O2. The lowest BCUT2D eigenvalue weighted by atomic mass is 9.83. The van der Waals surface area contributed by atoms with E-state index in [1.807, 2.05) is 12.1 Å². The monoisotopic (exact) mass is 264 g/mol. The van der Waals surface area contributed by atoms with Gasteiger partial charge in [-0.05, 0) is 38.3 Å². The second-order valence-electron chi connectivity index (χ2n) is 5.59. The summed E-state index contributed by atoms with van der Waals surface area (Å²) in [4.78, 5) is 11.5. The summed E-state index contributed by atoms with van der Waals surface area (Å²) in [6.07, 6.45) is 7.93. The topological polar surface area (TPSA) is 68.3 Å². The minimum atomic E-state index is -0.157. The largest absolute Gasteiger partial charge is 0.469 e. The number of hydrogen-bond acceptors (Lipinski definition) is 3. The third-order valence-electron chi connectivity index (χ3n) is 4.03. The molecule has 1 saturated carbocycles. The highest BCUT2D eigenvalue weighted by Gasteiger charge is 2.29. The zero-order chi connectivity index (χ0) is 13.7. The molecule has 19 heavy (non-hydrogen) atoms. The van der Waals surface area contributed by atoms with Gasteiger partial charge in [0, 0.05) is 18.5 Å². The van der Waals surface area contributed by atoms with Crippen LogP contribution in [0.15, 0.2) is 22.8 Å². The molecule has 0 spiro atoms. The SMILES string of the molecule is C[C@H](CCc1ccco1)N[C@H]1CCCC[C@@H]1C(N)=O. The van der Waals surface area contributed by atoms with Crippen molar-refractivity contribution in [3.05, 3.63) is 24.2 Å². The van der Waals surface area contributed by atoms with Crippen LogP contribution in [0.25, 0.3) is 0 Å². The van der Waals surface area contributed by atoms with E-state index in [2.05, 4.69) is 12.2 Å². The van der Waals surface area contributed by atoms with E-state index >= 15 is 0 Å². The van der Waals surface area contributed by atoms with Gasteiger partial charge >= 0.3 is 0 Å². The maximum absolute atomic E-state index is 11.5. The summed E-state index contributed by atoms with van der Waals surface area (Å²) in [5.74, 6) is 0.860. The lowest BCUT2D eigenvalue weighted by molar-refractivity contribution is -0.123. The second kappa shape index (κ2) is 6.75. The Morgan fingerprint density at radius 1 is 1.53 bits per heavy atom. The number of aryl methyl sites for hydroxylation is 1. The maximum Gasteiger partial charge on any atom is 0.222 e. The van der Waals surface area contributed by atoms with Gasteiger partial charge in [-0.2, -0.15) is 0 Å². The van der Waals surface area contributed by atoms with Gasteiger partial charge in [0.25, 0.3) is 0 Å². The van der Waals surface area contributed by atoms with Gasteiger partial charge in [0.2, 0.25) is 5.91 Å². The fourth-order valence-corrected chi connectivity index (χ4v) is 2.93. The first kappa shape index (κ1) is 14.1. The Morgan fingerprint density at radius 2 is 2.32 bits per heavy atom. The highest BCUT2D eigenvalue weighted by Crippen LogP contribution is 2.24. The average Bonchev–Trinajstić information content (AvgIpc) is 2.90. The van der Waals surface area contributed by atoms with E-state index in [0.717, 1.165) is 37.9 Å². The Morgan fingerprint density at radius 3 is 3.00 bits per heavy atom. The summed E-state index contributed by atoms with van der Waals surface area (Å²) >= 11 is 0. The fraction of sp³-hybridized carbons (Fsp3) is 0.667. The number of carbonyl (C=O) groups excluding carboxylic acids is 1. The lowest BCUT2D eigenvalue weighted by Gasteiger charge is -2.32. The van der Waals surface area contributed by atoms with Crippen molar-refractivity contribution in [3.63, 3.8) is 0 Å². The lowest BCUT2D eigenvalue weighted by Crippen LogP contribution is -2.47. The van der Waals surface area contributed by atoms with Crippen LogP contribution in [-0.4, -0.2) is 18.0 Å². The summed E-state index contributed by atoms with van der Waals surface area (Å²) in [5, 5.41) is 3.57. The average molecular weight is 264 g/mol. The highest BCUT2D eigenvalue weighted by atomic mass is 16.3. The van der Waals surface area contributed by atoms with Gasteiger partial charge in [-0.15, -0.1) is 0 Å². The molecule has 4 heteroatoms. The van der Waals surface area contributed by atoms with Gasteiger partial charge in [0.15, 0.2) is 0 Å². The quantitative estimate of drug-likeness (QED) is 0.828. The molecule has 1 aliphatic rings. The van der Waals surface area contributed by atoms with Crippen LogP contribution >= 0.6 is 0 Å². The molecule has 1 amide bonds. The second-order valence-corrected chi connectivity index (χ2v) is 5.59. The van der Waals surface area contributed by atoms with Crippen molar-refractivity contribution < 1.29 is 9.21 Å². The molecule has 1 fully saturated rings. The van der Waals surface area contributed by atoms with E-state index in [4.69, 9.17) is 10.2 Å². The number of primary amides is 1. The van der Waals surface area contributed by atoms with E-state index < -0.39 is 0 Å². The normalized spacial score (nSPS) is 25.1. The molecule has 1 heterocycles. The van der Waals surface area contributed by atoms with Crippen molar-refractivity contribution >= 4 is 5.91 Å².